The van der Waals surface area contributed by atoms with Crippen LogP contribution in [0, 0.1) is 10.1 Å². The van der Waals surface area contributed by atoms with E-state index in [9.17, 15) is 14.9 Å². The van der Waals surface area contributed by atoms with Gasteiger partial charge in [0.2, 0.25) is 0 Å². The maximum absolute atomic E-state index is 10.7. The number of allylic oxidation sites excluding steroid dienone is 3. The van der Waals surface area contributed by atoms with Crippen LogP contribution in [0.4, 0.5) is 0 Å². The van der Waals surface area contributed by atoms with Crippen LogP contribution in [0.1, 0.15) is 24.5 Å². The lowest BCUT2D eigenvalue weighted by atomic mass is 10.0. The summed E-state index contributed by atoms with van der Waals surface area (Å²) < 4.78 is 4.89. The van der Waals surface area contributed by atoms with E-state index in [1.165, 1.54) is 13.0 Å². The highest BCUT2D eigenvalue weighted by Crippen LogP contribution is 2.28. The molecule has 0 N–H and O–H groups in total. The van der Waals surface area contributed by atoms with Gasteiger partial charge in [0.15, 0.2) is 0 Å². The van der Waals surface area contributed by atoms with E-state index in [-0.39, 0.29) is 23.2 Å². The SMILES string of the molecule is CC(=O)OCc1ccc(C2=CC=C([N+](=O)[O-])C2)cc1. The van der Waals surface area contributed by atoms with Crippen molar-refractivity contribution < 1.29 is 14.5 Å². The lowest BCUT2D eigenvalue weighted by Crippen LogP contribution is -1.99. The molecule has 0 saturated heterocycles. The number of nitro groups is 1. The zero-order valence-electron chi connectivity index (χ0n) is 10.5. The van der Waals surface area contributed by atoms with E-state index in [2.05, 4.69) is 0 Å². The Bertz CT molecular complexity index is 570. The first-order valence-electron chi connectivity index (χ1n) is 5.83. The molecular weight excluding hydrogens is 246 g/mol. The molecule has 0 fully saturated rings. The molecule has 1 aliphatic rings. The van der Waals surface area contributed by atoms with Crippen LogP contribution < -0.4 is 0 Å². The molecule has 0 bridgehead atoms. The highest BCUT2D eigenvalue weighted by atomic mass is 16.6. The van der Waals surface area contributed by atoms with Crippen molar-refractivity contribution in [3.8, 4) is 0 Å². The quantitative estimate of drug-likeness (QED) is 0.473. The smallest absolute Gasteiger partial charge is 0.302 e. The lowest BCUT2D eigenvalue weighted by Gasteiger charge is -2.05. The van der Waals surface area contributed by atoms with E-state index in [0.717, 1.165) is 16.7 Å². The molecule has 2 rings (SSSR count). The average Bonchev–Trinajstić information content (AvgIpc) is 2.86. The second-order valence-corrected chi connectivity index (χ2v) is 4.26. The topological polar surface area (TPSA) is 69.4 Å². The Kier molecular flexibility index (Phi) is 3.75. The van der Waals surface area contributed by atoms with Gasteiger partial charge in [-0.05, 0) is 16.7 Å². The number of hydrogen-bond acceptors (Lipinski definition) is 4. The third-order valence-electron chi connectivity index (χ3n) is 2.85. The van der Waals surface area contributed by atoms with Crippen LogP contribution in [0.15, 0.2) is 42.1 Å². The number of rotatable bonds is 4. The minimum atomic E-state index is -0.363. The first kappa shape index (κ1) is 13.0. The fourth-order valence-electron chi connectivity index (χ4n) is 1.83. The number of carbonyl (C=O) groups excluding carboxylic acids is 1. The molecule has 0 spiro atoms. The van der Waals surface area contributed by atoms with Gasteiger partial charge in [0.25, 0.3) is 5.70 Å². The van der Waals surface area contributed by atoms with Crippen molar-refractivity contribution >= 4 is 11.5 Å². The van der Waals surface area contributed by atoms with Crippen molar-refractivity contribution in [1.82, 2.24) is 0 Å². The summed E-state index contributed by atoms with van der Waals surface area (Å²) in [4.78, 5) is 21.0. The van der Waals surface area contributed by atoms with Crippen LogP contribution in [-0.2, 0) is 16.1 Å². The molecule has 0 amide bonds. The van der Waals surface area contributed by atoms with Crippen LogP contribution >= 0.6 is 0 Å². The van der Waals surface area contributed by atoms with Crippen molar-refractivity contribution in [1.29, 1.82) is 0 Å². The molecule has 5 nitrogen and oxygen atoms in total. The predicted molar refractivity (Wildman–Crippen MR) is 69.6 cm³/mol. The van der Waals surface area contributed by atoms with Gasteiger partial charge in [-0.3, -0.25) is 14.9 Å². The zero-order valence-corrected chi connectivity index (χ0v) is 10.5. The monoisotopic (exact) mass is 259 g/mol. The van der Waals surface area contributed by atoms with Gasteiger partial charge in [-0.1, -0.05) is 30.3 Å². The summed E-state index contributed by atoms with van der Waals surface area (Å²) in [5, 5.41) is 10.6. The van der Waals surface area contributed by atoms with Gasteiger partial charge < -0.3 is 4.74 Å². The van der Waals surface area contributed by atoms with E-state index < -0.39 is 0 Å². The Labute approximate surface area is 110 Å². The standard InChI is InChI=1S/C14H13NO4/c1-10(16)19-9-11-2-4-12(5-3-11)13-6-7-14(8-13)15(17)18/h2-7H,8-9H2,1H3. The van der Waals surface area contributed by atoms with Crippen LogP contribution in [0.5, 0.6) is 0 Å². The summed E-state index contributed by atoms with van der Waals surface area (Å²) in [6, 6.07) is 7.45. The van der Waals surface area contributed by atoms with Gasteiger partial charge in [0.1, 0.15) is 6.61 Å². The van der Waals surface area contributed by atoms with Crippen LogP contribution in [-0.4, -0.2) is 10.9 Å². The van der Waals surface area contributed by atoms with Crippen molar-refractivity contribution in [2.45, 2.75) is 20.0 Å². The number of esters is 1. The number of hydrogen-bond donors (Lipinski definition) is 0. The molecule has 0 atom stereocenters. The molecule has 0 aromatic heterocycles. The maximum atomic E-state index is 10.7. The van der Waals surface area contributed by atoms with Gasteiger partial charge in [-0.15, -0.1) is 0 Å². The van der Waals surface area contributed by atoms with Gasteiger partial charge >= 0.3 is 5.97 Å². The van der Waals surface area contributed by atoms with Crippen molar-refractivity contribution in [2.75, 3.05) is 0 Å². The second kappa shape index (κ2) is 5.48. The molecular formula is C14H13NO4. The Hall–Kier alpha value is -2.43. The Morgan fingerprint density at radius 3 is 2.53 bits per heavy atom. The fourth-order valence-corrected chi connectivity index (χ4v) is 1.83. The first-order chi connectivity index (χ1) is 9.06. The van der Waals surface area contributed by atoms with Gasteiger partial charge in [0, 0.05) is 13.0 Å². The third kappa shape index (κ3) is 3.28. The first-order valence-corrected chi connectivity index (χ1v) is 5.83. The fraction of sp³-hybridized carbons (Fsp3) is 0.214. The van der Waals surface area contributed by atoms with Crippen molar-refractivity contribution in [3.63, 3.8) is 0 Å². The van der Waals surface area contributed by atoms with Crippen LogP contribution in [0.3, 0.4) is 0 Å². The number of ether oxygens (including phenoxy) is 1. The van der Waals surface area contributed by atoms with Gasteiger partial charge in [-0.25, -0.2) is 0 Å². The third-order valence-corrected chi connectivity index (χ3v) is 2.85. The summed E-state index contributed by atoms with van der Waals surface area (Å²) in [5.74, 6) is -0.317. The van der Waals surface area contributed by atoms with Crippen LogP contribution in [0.2, 0.25) is 0 Å². The minimum absolute atomic E-state index is 0.207. The molecule has 0 heterocycles. The molecule has 98 valence electrons. The van der Waals surface area contributed by atoms with E-state index in [1.54, 1.807) is 6.08 Å². The second-order valence-electron chi connectivity index (χ2n) is 4.26. The maximum Gasteiger partial charge on any atom is 0.302 e. The number of benzene rings is 1. The highest BCUT2D eigenvalue weighted by Gasteiger charge is 2.18. The van der Waals surface area contributed by atoms with E-state index in [0.29, 0.717) is 6.42 Å². The molecule has 19 heavy (non-hydrogen) atoms. The van der Waals surface area contributed by atoms with Gasteiger partial charge in [0.05, 0.1) is 11.3 Å². The van der Waals surface area contributed by atoms with Gasteiger partial charge in [-0.2, -0.15) is 0 Å². The summed E-state index contributed by atoms with van der Waals surface area (Å²) in [6.07, 6.45) is 3.64. The molecule has 1 aliphatic carbocycles. The summed E-state index contributed by atoms with van der Waals surface area (Å²) in [5.41, 5.74) is 2.96. The molecule has 0 unspecified atom stereocenters. The largest absolute Gasteiger partial charge is 0.461 e. The molecule has 0 saturated carbocycles. The van der Waals surface area contributed by atoms with E-state index in [1.807, 2.05) is 24.3 Å². The summed E-state index contributed by atoms with van der Waals surface area (Å²) >= 11 is 0. The Morgan fingerprint density at radius 1 is 1.32 bits per heavy atom. The molecule has 1 aromatic carbocycles. The molecule has 5 heteroatoms. The number of nitrogens with zero attached hydrogens (tertiary/aromatic N) is 1. The lowest BCUT2D eigenvalue weighted by molar-refractivity contribution is -0.425. The minimum Gasteiger partial charge on any atom is -0.461 e. The molecule has 0 aliphatic heterocycles. The van der Waals surface area contributed by atoms with Crippen molar-refractivity contribution in [3.05, 3.63) is 63.4 Å². The predicted octanol–water partition coefficient (Wildman–Crippen LogP) is 2.70. The van der Waals surface area contributed by atoms with E-state index >= 15 is 0 Å². The summed E-state index contributed by atoms with van der Waals surface area (Å²) in [6.45, 7) is 1.61. The molecule has 0 radical (unpaired) electrons. The number of carbonyl (C=O) groups is 1. The van der Waals surface area contributed by atoms with E-state index in [4.69, 9.17) is 4.74 Å². The van der Waals surface area contributed by atoms with Crippen molar-refractivity contribution in [2.24, 2.45) is 0 Å². The highest BCUT2D eigenvalue weighted by molar-refractivity contribution is 5.71. The zero-order chi connectivity index (χ0) is 13.8. The normalized spacial score (nSPS) is 13.7. The Morgan fingerprint density at radius 2 is 2.00 bits per heavy atom. The Balaban J connectivity index is 2.01. The van der Waals surface area contributed by atoms with Crippen LogP contribution in [0.25, 0.3) is 5.57 Å². The summed E-state index contributed by atoms with van der Waals surface area (Å²) in [7, 11) is 0. The molecule has 1 aromatic rings. The average molecular weight is 259 g/mol.